The molecule has 0 bridgehead atoms. The zero-order chi connectivity index (χ0) is 17.1. The largest absolute Gasteiger partial charge is 0.302 e. The summed E-state index contributed by atoms with van der Waals surface area (Å²) in [4.78, 5) is 0. The van der Waals surface area contributed by atoms with Crippen LogP contribution in [-0.4, -0.2) is 14.8 Å². The number of aromatic nitrogens is 3. The van der Waals surface area contributed by atoms with Crippen LogP contribution in [0.3, 0.4) is 0 Å². The molecule has 124 valence electrons. The van der Waals surface area contributed by atoms with Crippen molar-refractivity contribution in [2.24, 2.45) is 0 Å². The van der Waals surface area contributed by atoms with Gasteiger partial charge in [-0.3, -0.25) is 0 Å². The maximum Gasteiger partial charge on any atom is 0.191 e. The molecular weight excluding hydrogens is 429 g/mol. The molecule has 0 radical (unpaired) electrons. The van der Waals surface area contributed by atoms with Crippen molar-refractivity contribution in [1.82, 2.24) is 14.8 Å². The summed E-state index contributed by atoms with van der Waals surface area (Å²) in [5.41, 5.74) is 2.06. The molecule has 0 saturated carbocycles. The summed E-state index contributed by atoms with van der Waals surface area (Å²) >= 11 is 17.4. The van der Waals surface area contributed by atoms with Gasteiger partial charge < -0.3 is 4.57 Å². The zero-order valence-corrected chi connectivity index (χ0v) is 16.8. The summed E-state index contributed by atoms with van der Waals surface area (Å²) in [7, 11) is 0. The Labute approximate surface area is 163 Å². The summed E-state index contributed by atoms with van der Waals surface area (Å²) in [5.74, 6) is 1.57. The van der Waals surface area contributed by atoms with E-state index >= 15 is 0 Å². The second-order valence-corrected chi connectivity index (χ2v) is 7.70. The number of thioether (sulfide) groups is 1. The highest BCUT2D eigenvalue weighted by molar-refractivity contribution is 9.10. The van der Waals surface area contributed by atoms with Crippen molar-refractivity contribution in [3.8, 4) is 11.4 Å². The van der Waals surface area contributed by atoms with Crippen LogP contribution >= 0.6 is 50.9 Å². The quantitative estimate of drug-likeness (QED) is 0.432. The smallest absolute Gasteiger partial charge is 0.191 e. The Balaban J connectivity index is 1.86. The predicted molar refractivity (Wildman–Crippen MR) is 105 cm³/mol. The van der Waals surface area contributed by atoms with Crippen LogP contribution in [0.4, 0.5) is 0 Å². The number of benzene rings is 2. The SMILES string of the molecule is CCn1c(SCc2ccc(Cl)cc2Cl)nnc1-c1ccccc1Br. The van der Waals surface area contributed by atoms with Crippen LogP contribution in [-0.2, 0) is 12.3 Å². The van der Waals surface area contributed by atoms with Crippen molar-refractivity contribution in [2.75, 3.05) is 0 Å². The van der Waals surface area contributed by atoms with E-state index in [4.69, 9.17) is 23.2 Å². The molecule has 1 heterocycles. The molecule has 1 aromatic heterocycles. The first-order valence-corrected chi connectivity index (χ1v) is 9.88. The molecule has 7 heteroatoms. The summed E-state index contributed by atoms with van der Waals surface area (Å²) in [6.45, 7) is 2.88. The van der Waals surface area contributed by atoms with E-state index in [1.807, 2.05) is 36.4 Å². The average Bonchev–Trinajstić information content (AvgIpc) is 2.97. The van der Waals surface area contributed by atoms with E-state index in [9.17, 15) is 0 Å². The topological polar surface area (TPSA) is 30.7 Å². The summed E-state index contributed by atoms with van der Waals surface area (Å²) in [6.07, 6.45) is 0. The average molecular weight is 443 g/mol. The lowest BCUT2D eigenvalue weighted by atomic mass is 10.2. The molecule has 0 fully saturated rings. The normalized spacial score (nSPS) is 11.0. The second kappa shape index (κ2) is 7.91. The van der Waals surface area contributed by atoms with Crippen molar-refractivity contribution in [1.29, 1.82) is 0 Å². The minimum atomic E-state index is 0.640. The Morgan fingerprint density at radius 3 is 2.62 bits per heavy atom. The van der Waals surface area contributed by atoms with E-state index in [0.29, 0.717) is 15.8 Å². The van der Waals surface area contributed by atoms with Crippen molar-refractivity contribution in [2.45, 2.75) is 24.4 Å². The molecule has 2 aromatic carbocycles. The molecule has 3 nitrogen and oxygen atoms in total. The Kier molecular flexibility index (Phi) is 5.87. The molecule has 0 aliphatic heterocycles. The monoisotopic (exact) mass is 441 g/mol. The maximum absolute atomic E-state index is 6.24. The highest BCUT2D eigenvalue weighted by Crippen LogP contribution is 2.32. The lowest BCUT2D eigenvalue weighted by Crippen LogP contribution is -2.00. The molecule has 0 spiro atoms. The van der Waals surface area contributed by atoms with Crippen LogP contribution in [0.1, 0.15) is 12.5 Å². The molecule has 0 atom stereocenters. The van der Waals surface area contributed by atoms with Crippen LogP contribution in [0.2, 0.25) is 10.0 Å². The van der Waals surface area contributed by atoms with Gasteiger partial charge in [0.05, 0.1) is 0 Å². The number of hydrogen-bond acceptors (Lipinski definition) is 3. The van der Waals surface area contributed by atoms with Gasteiger partial charge in [-0.1, -0.05) is 75.2 Å². The Morgan fingerprint density at radius 2 is 1.92 bits per heavy atom. The minimum Gasteiger partial charge on any atom is -0.302 e. The third kappa shape index (κ3) is 3.80. The van der Waals surface area contributed by atoms with Crippen LogP contribution in [0.15, 0.2) is 52.1 Å². The molecule has 0 aliphatic rings. The van der Waals surface area contributed by atoms with E-state index in [2.05, 4.69) is 37.6 Å². The molecule has 24 heavy (non-hydrogen) atoms. The highest BCUT2D eigenvalue weighted by atomic mass is 79.9. The Bertz CT molecular complexity index is 867. The third-order valence-electron chi connectivity index (χ3n) is 3.52. The molecule has 0 aliphatic carbocycles. The van der Waals surface area contributed by atoms with Gasteiger partial charge in [0.25, 0.3) is 0 Å². The fourth-order valence-electron chi connectivity index (χ4n) is 2.30. The second-order valence-electron chi connectivity index (χ2n) is 5.05. The number of rotatable bonds is 5. The number of halogens is 3. The molecule has 3 aromatic rings. The van der Waals surface area contributed by atoms with Crippen LogP contribution in [0, 0.1) is 0 Å². The first-order valence-electron chi connectivity index (χ1n) is 7.35. The third-order valence-corrected chi connectivity index (χ3v) is 5.81. The fourth-order valence-corrected chi connectivity index (χ4v) is 4.33. The Morgan fingerprint density at radius 1 is 1.12 bits per heavy atom. The van der Waals surface area contributed by atoms with E-state index in [0.717, 1.165) is 33.1 Å². The van der Waals surface area contributed by atoms with E-state index in [1.165, 1.54) is 0 Å². The Hall–Kier alpha value is -1.01. The molecular formula is C17H14BrCl2N3S. The summed E-state index contributed by atoms with van der Waals surface area (Å²) < 4.78 is 3.11. The first kappa shape index (κ1) is 17.8. The van der Waals surface area contributed by atoms with Crippen molar-refractivity contribution in [3.63, 3.8) is 0 Å². The molecule has 3 rings (SSSR count). The molecule has 0 amide bonds. The van der Waals surface area contributed by atoms with Crippen molar-refractivity contribution >= 4 is 50.9 Å². The van der Waals surface area contributed by atoms with Gasteiger partial charge in [-0.05, 0) is 30.7 Å². The standard InChI is InChI=1S/C17H14BrCl2N3S/c1-2-23-16(13-5-3-4-6-14(13)18)21-22-17(23)24-10-11-7-8-12(19)9-15(11)20/h3-9H,2,10H2,1H3. The van der Waals surface area contributed by atoms with Gasteiger partial charge in [-0.15, -0.1) is 10.2 Å². The maximum atomic E-state index is 6.24. The van der Waals surface area contributed by atoms with Crippen molar-refractivity contribution in [3.05, 3.63) is 62.5 Å². The van der Waals surface area contributed by atoms with Crippen molar-refractivity contribution < 1.29 is 0 Å². The summed E-state index contributed by atoms with van der Waals surface area (Å²) in [6, 6.07) is 13.6. The van der Waals surface area contributed by atoms with Gasteiger partial charge in [0, 0.05) is 32.4 Å². The molecule has 0 saturated heterocycles. The fraction of sp³-hybridized carbons (Fsp3) is 0.176. The zero-order valence-electron chi connectivity index (χ0n) is 12.8. The van der Waals surface area contributed by atoms with Gasteiger partial charge in [-0.2, -0.15) is 0 Å². The summed E-state index contributed by atoms with van der Waals surface area (Å²) in [5, 5.41) is 10.9. The highest BCUT2D eigenvalue weighted by Gasteiger charge is 2.15. The first-order chi connectivity index (χ1) is 11.6. The lowest BCUT2D eigenvalue weighted by molar-refractivity contribution is 0.687. The van der Waals surface area contributed by atoms with E-state index < -0.39 is 0 Å². The van der Waals surface area contributed by atoms with E-state index in [-0.39, 0.29) is 0 Å². The molecule has 0 N–H and O–H groups in total. The van der Waals surface area contributed by atoms with Crippen LogP contribution in [0.5, 0.6) is 0 Å². The van der Waals surface area contributed by atoms with Gasteiger partial charge in [0.1, 0.15) is 0 Å². The molecule has 0 unspecified atom stereocenters. The number of nitrogens with zero attached hydrogens (tertiary/aromatic N) is 3. The predicted octanol–water partition coefficient (Wildman–Crippen LogP) is 6.33. The lowest BCUT2D eigenvalue weighted by Gasteiger charge is -2.09. The van der Waals surface area contributed by atoms with Gasteiger partial charge in [0.15, 0.2) is 11.0 Å². The van der Waals surface area contributed by atoms with Crippen LogP contribution < -0.4 is 0 Å². The van der Waals surface area contributed by atoms with Crippen LogP contribution in [0.25, 0.3) is 11.4 Å². The van der Waals surface area contributed by atoms with Gasteiger partial charge in [0.2, 0.25) is 0 Å². The van der Waals surface area contributed by atoms with E-state index in [1.54, 1.807) is 17.8 Å². The van der Waals surface area contributed by atoms with Gasteiger partial charge in [-0.25, -0.2) is 0 Å². The minimum absolute atomic E-state index is 0.640. The number of hydrogen-bond donors (Lipinski definition) is 0. The van der Waals surface area contributed by atoms with Gasteiger partial charge >= 0.3 is 0 Å².